The van der Waals surface area contributed by atoms with E-state index >= 15 is 0 Å². The van der Waals surface area contributed by atoms with E-state index < -0.39 is 22.6 Å². The third-order valence-corrected chi connectivity index (χ3v) is 5.31. The fraction of sp³-hybridized carbons (Fsp3) is 0.692. The predicted molar refractivity (Wildman–Crippen MR) is 85.1 cm³/mol. The molecular formula is C13H23F2N5O3S. The molecule has 0 aliphatic heterocycles. The van der Waals surface area contributed by atoms with Gasteiger partial charge in [0.05, 0.1) is 12.3 Å². The average Bonchev–Trinajstić information content (AvgIpc) is 2.99. The van der Waals surface area contributed by atoms with Crippen molar-refractivity contribution < 1.29 is 22.0 Å². The van der Waals surface area contributed by atoms with Crippen LogP contribution < -0.4 is 5.32 Å². The standard InChI is InChI=1S/C13H23F2N5O3S/c1-4-24(22,23)19(3)8-5-6-17-13(21)18(2)10-11-16-7-9-20(11)12(14)15/h7,9,12H,4-6,8,10H2,1-3H3,(H,17,21). The SMILES string of the molecule is CCS(=O)(=O)N(C)CCCNC(=O)N(C)Cc1nccn1C(F)F. The number of urea groups is 1. The monoisotopic (exact) mass is 367 g/mol. The summed E-state index contributed by atoms with van der Waals surface area (Å²) in [7, 11) is -0.285. The Morgan fingerprint density at radius 3 is 2.67 bits per heavy atom. The van der Waals surface area contributed by atoms with Crippen molar-refractivity contribution in [2.24, 2.45) is 0 Å². The second-order valence-electron chi connectivity index (χ2n) is 5.19. The van der Waals surface area contributed by atoms with Gasteiger partial charge in [-0.25, -0.2) is 22.5 Å². The Balaban J connectivity index is 2.39. The van der Waals surface area contributed by atoms with Crippen LogP contribution in [0.4, 0.5) is 13.6 Å². The maximum Gasteiger partial charge on any atom is 0.319 e. The number of amides is 2. The Hall–Kier alpha value is -1.75. The number of hydrogen-bond acceptors (Lipinski definition) is 4. The smallest absolute Gasteiger partial charge is 0.319 e. The van der Waals surface area contributed by atoms with Crippen LogP contribution in [0.15, 0.2) is 12.4 Å². The molecule has 24 heavy (non-hydrogen) atoms. The largest absolute Gasteiger partial charge is 0.338 e. The first kappa shape index (κ1) is 20.3. The minimum Gasteiger partial charge on any atom is -0.338 e. The fourth-order valence-corrected chi connectivity index (χ4v) is 2.77. The van der Waals surface area contributed by atoms with Crippen molar-refractivity contribution in [3.05, 3.63) is 18.2 Å². The third kappa shape index (κ3) is 5.71. The van der Waals surface area contributed by atoms with Gasteiger partial charge in [0.2, 0.25) is 10.0 Å². The van der Waals surface area contributed by atoms with Crippen molar-refractivity contribution in [3.8, 4) is 0 Å². The van der Waals surface area contributed by atoms with Crippen LogP contribution in [0.25, 0.3) is 0 Å². The first-order valence-electron chi connectivity index (χ1n) is 7.41. The first-order valence-corrected chi connectivity index (χ1v) is 9.02. The van der Waals surface area contributed by atoms with Gasteiger partial charge in [0.25, 0.3) is 0 Å². The van der Waals surface area contributed by atoms with E-state index in [9.17, 15) is 22.0 Å². The van der Waals surface area contributed by atoms with E-state index in [-0.39, 0.29) is 31.2 Å². The molecule has 0 unspecified atom stereocenters. The number of imidazole rings is 1. The molecule has 1 rings (SSSR count). The van der Waals surface area contributed by atoms with E-state index in [0.29, 0.717) is 11.0 Å². The van der Waals surface area contributed by atoms with Gasteiger partial charge in [-0.3, -0.25) is 4.57 Å². The van der Waals surface area contributed by atoms with Crippen molar-refractivity contribution >= 4 is 16.1 Å². The summed E-state index contributed by atoms with van der Waals surface area (Å²) in [6.07, 6.45) is 2.84. The summed E-state index contributed by atoms with van der Waals surface area (Å²) in [4.78, 5) is 16.9. The number of nitrogens with one attached hydrogen (secondary N) is 1. The molecule has 0 saturated carbocycles. The van der Waals surface area contributed by atoms with E-state index in [1.54, 1.807) is 6.92 Å². The van der Waals surface area contributed by atoms with Gasteiger partial charge in [0.1, 0.15) is 5.82 Å². The number of nitrogens with zero attached hydrogens (tertiary/aromatic N) is 4. The van der Waals surface area contributed by atoms with E-state index in [0.717, 1.165) is 6.20 Å². The zero-order valence-corrected chi connectivity index (χ0v) is 14.8. The summed E-state index contributed by atoms with van der Waals surface area (Å²) in [5.41, 5.74) is 0. The summed E-state index contributed by atoms with van der Waals surface area (Å²) < 4.78 is 50.5. The van der Waals surface area contributed by atoms with Crippen LogP contribution in [0.1, 0.15) is 25.7 Å². The number of carbonyl (C=O) groups is 1. The Bertz CT molecular complexity index is 635. The minimum absolute atomic E-state index is 0.0232. The van der Waals surface area contributed by atoms with Crippen molar-refractivity contribution in [1.82, 2.24) is 24.1 Å². The molecule has 0 radical (unpaired) electrons. The molecule has 11 heteroatoms. The predicted octanol–water partition coefficient (Wildman–Crippen LogP) is 1.09. The second kappa shape index (κ2) is 8.92. The van der Waals surface area contributed by atoms with E-state index in [2.05, 4.69) is 10.3 Å². The lowest BCUT2D eigenvalue weighted by molar-refractivity contribution is 0.0651. The van der Waals surface area contributed by atoms with Gasteiger partial charge in [-0.05, 0) is 13.3 Å². The quantitative estimate of drug-likeness (QED) is 0.662. The maximum atomic E-state index is 12.7. The summed E-state index contributed by atoms with van der Waals surface area (Å²) in [5, 5.41) is 2.61. The molecule has 0 spiro atoms. The molecule has 0 aliphatic carbocycles. The molecule has 0 bridgehead atoms. The lowest BCUT2D eigenvalue weighted by Crippen LogP contribution is -2.39. The van der Waals surface area contributed by atoms with Gasteiger partial charge in [0, 0.05) is 39.6 Å². The fourth-order valence-electron chi connectivity index (χ4n) is 1.92. The van der Waals surface area contributed by atoms with Crippen molar-refractivity contribution in [1.29, 1.82) is 0 Å². The maximum absolute atomic E-state index is 12.7. The molecule has 0 aliphatic rings. The molecule has 1 N–H and O–H groups in total. The normalized spacial score (nSPS) is 12.0. The summed E-state index contributed by atoms with van der Waals surface area (Å²) in [5.74, 6) is 0.103. The van der Waals surface area contributed by atoms with E-state index in [1.165, 1.54) is 29.5 Å². The van der Waals surface area contributed by atoms with E-state index in [1.807, 2.05) is 0 Å². The number of sulfonamides is 1. The average molecular weight is 367 g/mol. The van der Waals surface area contributed by atoms with Gasteiger partial charge in [0.15, 0.2) is 0 Å². The Kier molecular flexibility index (Phi) is 7.55. The van der Waals surface area contributed by atoms with Crippen molar-refractivity contribution in [2.45, 2.75) is 26.4 Å². The molecule has 138 valence electrons. The molecule has 1 aromatic rings. The zero-order chi connectivity index (χ0) is 18.3. The molecule has 0 saturated heterocycles. The van der Waals surface area contributed by atoms with Crippen LogP contribution in [0.5, 0.6) is 0 Å². The van der Waals surface area contributed by atoms with E-state index in [4.69, 9.17) is 0 Å². The van der Waals surface area contributed by atoms with Crippen molar-refractivity contribution in [2.75, 3.05) is 32.9 Å². The van der Waals surface area contributed by atoms with Crippen LogP contribution in [-0.4, -0.2) is 66.1 Å². The zero-order valence-electron chi connectivity index (χ0n) is 13.9. The first-order chi connectivity index (χ1) is 11.2. The highest BCUT2D eigenvalue weighted by atomic mass is 32.2. The van der Waals surface area contributed by atoms with Gasteiger partial charge < -0.3 is 10.2 Å². The molecule has 2 amide bonds. The molecular weight excluding hydrogens is 344 g/mol. The minimum atomic E-state index is -3.23. The van der Waals surface area contributed by atoms with Gasteiger partial charge >= 0.3 is 12.6 Å². The van der Waals surface area contributed by atoms with Gasteiger partial charge in [-0.15, -0.1) is 0 Å². The lowest BCUT2D eigenvalue weighted by atomic mass is 10.4. The number of alkyl halides is 2. The Labute approximate surface area is 140 Å². The number of aromatic nitrogens is 2. The summed E-state index contributed by atoms with van der Waals surface area (Å²) in [6.45, 7) is -0.652. The molecule has 8 nitrogen and oxygen atoms in total. The topological polar surface area (TPSA) is 87.5 Å². The highest BCUT2D eigenvalue weighted by molar-refractivity contribution is 7.89. The van der Waals surface area contributed by atoms with Gasteiger partial charge in [-0.2, -0.15) is 8.78 Å². The Morgan fingerprint density at radius 2 is 2.08 bits per heavy atom. The summed E-state index contributed by atoms with van der Waals surface area (Å²) >= 11 is 0. The third-order valence-electron chi connectivity index (χ3n) is 3.45. The number of rotatable bonds is 9. The number of hydrogen-bond donors (Lipinski definition) is 1. The molecule has 1 aromatic heterocycles. The van der Waals surface area contributed by atoms with Crippen LogP contribution in [0.3, 0.4) is 0 Å². The second-order valence-corrected chi connectivity index (χ2v) is 7.56. The molecule has 0 aromatic carbocycles. The molecule has 0 fully saturated rings. The lowest BCUT2D eigenvalue weighted by Gasteiger charge is -2.19. The van der Waals surface area contributed by atoms with Crippen LogP contribution in [0.2, 0.25) is 0 Å². The molecule has 0 atom stereocenters. The van der Waals surface area contributed by atoms with Crippen molar-refractivity contribution in [3.63, 3.8) is 0 Å². The van der Waals surface area contributed by atoms with Crippen LogP contribution in [0, 0.1) is 0 Å². The van der Waals surface area contributed by atoms with Gasteiger partial charge in [-0.1, -0.05) is 0 Å². The Morgan fingerprint density at radius 1 is 1.42 bits per heavy atom. The highest BCUT2D eigenvalue weighted by Gasteiger charge is 2.17. The molecule has 1 heterocycles. The highest BCUT2D eigenvalue weighted by Crippen LogP contribution is 2.13. The number of halogens is 2. The van der Waals surface area contributed by atoms with Crippen LogP contribution >= 0.6 is 0 Å². The van der Waals surface area contributed by atoms with Crippen LogP contribution in [-0.2, 0) is 16.6 Å². The summed E-state index contributed by atoms with van der Waals surface area (Å²) in [6, 6.07) is -0.445. The number of carbonyl (C=O) groups excluding carboxylic acids is 1.